The Balaban J connectivity index is 1.42. The second-order valence-electron chi connectivity index (χ2n) is 7.93. The fraction of sp³-hybridized carbons (Fsp3) is 0.391. The maximum atomic E-state index is 14.4. The normalized spacial score (nSPS) is 22.5. The molecule has 0 spiro atoms. The van der Waals surface area contributed by atoms with Crippen molar-refractivity contribution in [3.63, 3.8) is 0 Å². The average molecular weight is 415 g/mol. The van der Waals surface area contributed by atoms with Gasteiger partial charge in [0.2, 0.25) is 0 Å². The van der Waals surface area contributed by atoms with E-state index in [2.05, 4.69) is 5.32 Å². The first-order valence-corrected chi connectivity index (χ1v) is 10.1. The highest BCUT2D eigenvalue weighted by molar-refractivity contribution is 5.79. The first-order valence-electron chi connectivity index (χ1n) is 10.1. The summed E-state index contributed by atoms with van der Waals surface area (Å²) in [5, 5.41) is 11.4. The molecule has 2 aliphatic carbocycles. The summed E-state index contributed by atoms with van der Waals surface area (Å²) in [5.41, 5.74) is 4.24. The first-order chi connectivity index (χ1) is 14.4. The quantitative estimate of drug-likeness (QED) is 0.703. The zero-order chi connectivity index (χ0) is 21.3. The molecule has 0 unspecified atom stereocenters. The number of carboxylic acids is 1. The molecule has 2 N–H and O–H groups in total. The van der Waals surface area contributed by atoms with E-state index in [1.54, 1.807) is 0 Å². The van der Waals surface area contributed by atoms with Gasteiger partial charge in [0, 0.05) is 12.3 Å². The van der Waals surface area contributed by atoms with Gasteiger partial charge in [-0.05, 0) is 41.5 Å². The van der Waals surface area contributed by atoms with Crippen LogP contribution in [0.1, 0.15) is 42.7 Å². The molecule has 0 radical (unpaired) electrons. The number of ether oxygens (including phenoxy) is 1. The monoisotopic (exact) mass is 415 g/mol. The van der Waals surface area contributed by atoms with E-state index < -0.39 is 36.4 Å². The third-order valence-electron chi connectivity index (χ3n) is 6.12. The minimum atomic E-state index is -3.17. The van der Waals surface area contributed by atoms with Crippen LogP contribution in [0.4, 0.5) is 13.6 Å². The molecule has 1 saturated carbocycles. The molecule has 0 heterocycles. The number of carbonyl (C=O) groups is 2. The van der Waals surface area contributed by atoms with Gasteiger partial charge in [-0.2, -0.15) is 0 Å². The molecule has 158 valence electrons. The van der Waals surface area contributed by atoms with Crippen LogP contribution >= 0.6 is 0 Å². The Morgan fingerprint density at radius 1 is 1.00 bits per heavy atom. The van der Waals surface area contributed by atoms with Gasteiger partial charge in [0.05, 0.1) is 12.0 Å². The summed E-state index contributed by atoms with van der Waals surface area (Å²) in [5.74, 6) is -5.22. The maximum Gasteiger partial charge on any atom is 0.407 e. The summed E-state index contributed by atoms with van der Waals surface area (Å²) in [6.07, 6.45) is -1.59. The van der Waals surface area contributed by atoms with Crippen molar-refractivity contribution in [1.82, 2.24) is 5.32 Å². The Morgan fingerprint density at radius 3 is 2.20 bits per heavy atom. The summed E-state index contributed by atoms with van der Waals surface area (Å²) >= 11 is 0. The number of hydrogen-bond donors (Lipinski definition) is 2. The number of halogens is 2. The van der Waals surface area contributed by atoms with Gasteiger partial charge in [0.25, 0.3) is 5.92 Å². The second-order valence-corrected chi connectivity index (χ2v) is 7.93. The number of fused-ring (bicyclic) bond motifs is 3. The third kappa shape index (κ3) is 3.88. The molecule has 7 heteroatoms. The average Bonchev–Trinajstić information content (AvgIpc) is 2.96. The molecule has 0 bridgehead atoms. The van der Waals surface area contributed by atoms with E-state index in [9.17, 15) is 18.4 Å². The van der Waals surface area contributed by atoms with E-state index in [1.165, 1.54) is 0 Å². The fourth-order valence-corrected chi connectivity index (χ4v) is 4.47. The molecular weight excluding hydrogens is 392 g/mol. The lowest BCUT2D eigenvalue weighted by atomic mass is 9.98. The molecule has 2 atom stereocenters. The molecule has 2 aromatic carbocycles. The Kier molecular flexibility index (Phi) is 5.45. The van der Waals surface area contributed by atoms with E-state index in [0.717, 1.165) is 22.3 Å². The van der Waals surface area contributed by atoms with E-state index in [0.29, 0.717) is 0 Å². The molecule has 30 heavy (non-hydrogen) atoms. The SMILES string of the molecule is O=C(N[C@@H]1CC[C@@H](C(=O)O)CCC1(F)F)OCC1c2ccccc2-c2ccccc21. The minimum Gasteiger partial charge on any atom is -0.481 e. The molecule has 1 amide bonds. The highest BCUT2D eigenvalue weighted by Crippen LogP contribution is 2.44. The lowest BCUT2D eigenvalue weighted by Crippen LogP contribution is -2.47. The van der Waals surface area contributed by atoms with Gasteiger partial charge in [0.15, 0.2) is 0 Å². The van der Waals surface area contributed by atoms with Gasteiger partial charge >= 0.3 is 12.1 Å². The molecule has 4 rings (SSSR count). The number of alkyl carbamates (subject to hydrolysis) is 1. The fourth-order valence-electron chi connectivity index (χ4n) is 4.47. The van der Waals surface area contributed by atoms with Gasteiger partial charge in [-0.15, -0.1) is 0 Å². The summed E-state index contributed by atoms with van der Waals surface area (Å²) in [4.78, 5) is 23.5. The van der Waals surface area contributed by atoms with Crippen molar-refractivity contribution >= 4 is 12.1 Å². The second kappa shape index (κ2) is 8.05. The van der Waals surface area contributed by atoms with E-state index in [1.807, 2.05) is 48.5 Å². The van der Waals surface area contributed by atoms with Crippen molar-refractivity contribution in [1.29, 1.82) is 0 Å². The molecule has 0 aromatic heterocycles. The van der Waals surface area contributed by atoms with Gasteiger partial charge in [-0.1, -0.05) is 48.5 Å². The Hall–Kier alpha value is -2.96. The number of nitrogens with one attached hydrogen (secondary N) is 1. The lowest BCUT2D eigenvalue weighted by molar-refractivity contribution is -0.142. The summed E-state index contributed by atoms with van der Waals surface area (Å²) in [6.45, 7) is 0.0376. The van der Waals surface area contributed by atoms with Crippen LogP contribution < -0.4 is 5.32 Å². The van der Waals surface area contributed by atoms with E-state index in [4.69, 9.17) is 9.84 Å². The predicted octanol–water partition coefficient (Wildman–Crippen LogP) is 4.80. The Bertz CT molecular complexity index is 916. The Morgan fingerprint density at radius 2 is 1.60 bits per heavy atom. The highest BCUT2D eigenvalue weighted by atomic mass is 19.3. The van der Waals surface area contributed by atoms with Crippen LogP contribution in [0.25, 0.3) is 11.1 Å². The van der Waals surface area contributed by atoms with Crippen molar-refractivity contribution in [2.24, 2.45) is 5.92 Å². The number of carboxylic acid groups (broad SMARTS) is 1. The molecular formula is C23H23F2NO4. The number of alkyl halides is 2. The van der Waals surface area contributed by atoms with Crippen molar-refractivity contribution in [3.05, 3.63) is 59.7 Å². The largest absolute Gasteiger partial charge is 0.481 e. The summed E-state index contributed by atoms with van der Waals surface area (Å²) in [6, 6.07) is 14.3. The van der Waals surface area contributed by atoms with Crippen LogP contribution in [0.3, 0.4) is 0 Å². The van der Waals surface area contributed by atoms with Crippen LogP contribution in [0.2, 0.25) is 0 Å². The highest BCUT2D eigenvalue weighted by Gasteiger charge is 2.44. The molecule has 1 fully saturated rings. The van der Waals surface area contributed by atoms with Crippen molar-refractivity contribution in [2.75, 3.05) is 6.61 Å². The smallest absolute Gasteiger partial charge is 0.407 e. The lowest BCUT2D eigenvalue weighted by Gasteiger charge is -2.25. The van der Waals surface area contributed by atoms with E-state index >= 15 is 0 Å². The summed E-state index contributed by atoms with van der Waals surface area (Å²) in [7, 11) is 0. The number of carbonyl (C=O) groups excluding carboxylic acids is 1. The van der Waals surface area contributed by atoms with Crippen LogP contribution in [0.15, 0.2) is 48.5 Å². The van der Waals surface area contributed by atoms with Gasteiger partial charge < -0.3 is 15.2 Å². The molecule has 5 nitrogen and oxygen atoms in total. The first kappa shape index (κ1) is 20.3. The molecule has 0 saturated heterocycles. The zero-order valence-corrected chi connectivity index (χ0v) is 16.3. The van der Waals surface area contributed by atoms with E-state index in [-0.39, 0.29) is 31.8 Å². The van der Waals surface area contributed by atoms with Crippen LogP contribution in [-0.4, -0.2) is 35.7 Å². The van der Waals surface area contributed by atoms with Crippen LogP contribution in [0, 0.1) is 5.92 Å². The van der Waals surface area contributed by atoms with Crippen molar-refractivity contribution in [3.8, 4) is 11.1 Å². The number of hydrogen-bond acceptors (Lipinski definition) is 3. The topological polar surface area (TPSA) is 75.6 Å². The standard InChI is InChI=1S/C23H23F2NO4/c24-23(25)12-11-14(21(27)28)9-10-20(23)26-22(29)30-13-19-17-7-3-1-5-15(17)16-6-2-4-8-18(16)19/h1-8,14,19-20H,9-13H2,(H,26,29)(H,27,28)/t14-,20-/m1/s1. The number of benzene rings is 2. The van der Waals surface area contributed by atoms with Gasteiger partial charge in [-0.3, -0.25) is 4.79 Å². The van der Waals surface area contributed by atoms with Crippen molar-refractivity contribution < 1.29 is 28.2 Å². The third-order valence-corrected chi connectivity index (χ3v) is 6.12. The zero-order valence-electron chi connectivity index (χ0n) is 16.3. The van der Waals surface area contributed by atoms with Crippen molar-refractivity contribution in [2.45, 2.75) is 43.6 Å². The number of rotatable bonds is 4. The molecule has 0 aliphatic heterocycles. The minimum absolute atomic E-state index is 0.0376. The number of aliphatic carboxylic acids is 1. The van der Waals surface area contributed by atoms with Gasteiger partial charge in [-0.25, -0.2) is 13.6 Å². The summed E-state index contributed by atoms with van der Waals surface area (Å²) < 4.78 is 34.1. The van der Waals surface area contributed by atoms with Crippen LogP contribution in [-0.2, 0) is 9.53 Å². The Labute approximate surface area is 173 Å². The van der Waals surface area contributed by atoms with Gasteiger partial charge in [0.1, 0.15) is 6.61 Å². The van der Waals surface area contributed by atoms with Crippen LogP contribution in [0.5, 0.6) is 0 Å². The molecule has 2 aromatic rings. The number of amides is 1. The predicted molar refractivity (Wildman–Crippen MR) is 107 cm³/mol. The maximum absolute atomic E-state index is 14.4. The molecule has 2 aliphatic rings.